The molecule has 7 nitrogen and oxygen atoms in total. The highest BCUT2D eigenvalue weighted by Gasteiger charge is 2.12. The van der Waals surface area contributed by atoms with Crippen molar-refractivity contribution in [2.45, 2.75) is 0 Å². The summed E-state index contributed by atoms with van der Waals surface area (Å²) < 4.78 is 21.8. The van der Waals surface area contributed by atoms with Crippen LogP contribution in [0.1, 0.15) is 0 Å². The number of pyridine rings is 1. The molecule has 0 spiro atoms. The first-order valence-corrected chi connectivity index (χ1v) is 6.86. The third-order valence-electron chi connectivity index (χ3n) is 2.40. The SMILES string of the molecule is COCCOc1cc(OCCOC)c2sc(N)nc2n1. The van der Waals surface area contributed by atoms with Gasteiger partial charge in [-0.2, -0.15) is 4.98 Å². The second-order valence-corrected chi connectivity index (χ2v) is 4.88. The van der Waals surface area contributed by atoms with Crippen LogP contribution in [0.2, 0.25) is 0 Å². The van der Waals surface area contributed by atoms with E-state index >= 15 is 0 Å². The Hall–Kier alpha value is -1.64. The number of anilines is 1. The number of hydrogen-bond acceptors (Lipinski definition) is 8. The topological polar surface area (TPSA) is 88.7 Å². The van der Waals surface area contributed by atoms with Gasteiger partial charge in [-0.3, -0.25) is 0 Å². The molecule has 20 heavy (non-hydrogen) atoms. The summed E-state index contributed by atoms with van der Waals surface area (Å²) >= 11 is 1.33. The number of nitrogens with zero attached hydrogens (tertiary/aromatic N) is 2. The Morgan fingerprint density at radius 2 is 1.75 bits per heavy atom. The Bertz CT molecular complexity index is 561. The lowest BCUT2D eigenvalue weighted by atomic mass is 10.4. The first-order valence-electron chi connectivity index (χ1n) is 6.05. The van der Waals surface area contributed by atoms with Gasteiger partial charge in [-0.05, 0) is 0 Å². The monoisotopic (exact) mass is 299 g/mol. The number of ether oxygens (including phenoxy) is 4. The number of hydrogen-bond donors (Lipinski definition) is 1. The van der Waals surface area contributed by atoms with E-state index in [4.69, 9.17) is 24.7 Å². The molecule has 0 bridgehead atoms. The van der Waals surface area contributed by atoms with Crippen molar-refractivity contribution in [2.75, 3.05) is 46.4 Å². The number of nitrogen functional groups attached to an aromatic ring is 1. The number of fused-ring (bicyclic) bond motifs is 1. The van der Waals surface area contributed by atoms with E-state index in [1.165, 1.54) is 11.3 Å². The molecule has 2 aromatic heterocycles. The summed E-state index contributed by atoms with van der Waals surface area (Å²) in [5.41, 5.74) is 6.24. The van der Waals surface area contributed by atoms with Crippen LogP contribution in [0, 0.1) is 0 Å². The second kappa shape index (κ2) is 7.22. The molecule has 0 unspecified atom stereocenters. The molecule has 110 valence electrons. The molecule has 0 saturated carbocycles. The van der Waals surface area contributed by atoms with Gasteiger partial charge < -0.3 is 24.7 Å². The molecule has 0 aliphatic heterocycles. The standard InChI is InChI=1S/C12H17N3O4S/c1-16-3-5-18-8-7-9(19-6-4-17-2)14-11-10(8)20-12(13)15-11/h7H,3-6H2,1-2H3,(H2,13,14,15). The van der Waals surface area contributed by atoms with E-state index in [1.807, 2.05) is 0 Å². The van der Waals surface area contributed by atoms with Crippen molar-refractivity contribution >= 4 is 26.8 Å². The minimum absolute atomic E-state index is 0.409. The maximum absolute atomic E-state index is 5.71. The summed E-state index contributed by atoms with van der Waals surface area (Å²) in [5, 5.41) is 0.443. The van der Waals surface area contributed by atoms with Gasteiger partial charge in [0.15, 0.2) is 10.8 Å². The average molecular weight is 299 g/mol. The highest BCUT2D eigenvalue weighted by atomic mass is 32.1. The van der Waals surface area contributed by atoms with Gasteiger partial charge in [-0.1, -0.05) is 11.3 Å². The zero-order valence-electron chi connectivity index (χ0n) is 11.4. The van der Waals surface area contributed by atoms with Crippen molar-refractivity contribution in [3.63, 3.8) is 0 Å². The van der Waals surface area contributed by atoms with Gasteiger partial charge in [0.25, 0.3) is 0 Å². The summed E-state index contributed by atoms with van der Waals surface area (Å²) in [7, 11) is 3.23. The largest absolute Gasteiger partial charge is 0.489 e. The lowest BCUT2D eigenvalue weighted by molar-refractivity contribution is 0.141. The zero-order valence-corrected chi connectivity index (χ0v) is 12.2. The second-order valence-electron chi connectivity index (χ2n) is 3.85. The molecule has 2 heterocycles. The molecule has 2 aromatic rings. The molecule has 0 radical (unpaired) electrons. The van der Waals surface area contributed by atoms with Crippen molar-refractivity contribution < 1.29 is 18.9 Å². The van der Waals surface area contributed by atoms with Gasteiger partial charge in [0, 0.05) is 20.3 Å². The fraction of sp³-hybridized carbons (Fsp3) is 0.500. The summed E-state index contributed by atoms with van der Waals surface area (Å²) in [6, 6.07) is 1.73. The van der Waals surface area contributed by atoms with Crippen LogP contribution in [0.15, 0.2) is 6.07 Å². The molecule has 0 amide bonds. The molecular formula is C12H17N3O4S. The predicted octanol–water partition coefficient (Wildman–Crippen LogP) is 1.32. The van der Waals surface area contributed by atoms with Gasteiger partial charge >= 0.3 is 0 Å². The highest BCUT2D eigenvalue weighted by molar-refractivity contribution is 7.22. The highest BCUT2D eigenvalue weighted by Crippen LogP contribution is 2.34. The van der Waals surface area contributed by atoms with Crippen molar-refractivity contribution in [3.8, 4) is 11.6 Å². The number of thiazole rings is 1. The van der Waals surface area contributed by atoms with Crippen molar-refractivity contribution in [1.29, 1.82) is 0 Å². The Labute approximate surface area is 120 Å². The first-order chi connectivity index (χ1) is 9.74. The van der Waals surface area contributed by atoms with Crippen molar-refractivity contribution in [3.05, 3.63) is 6.07 Å². The minimum Gasteiger partial charge on any atom is -0.489 e. The summed E-state index contributed by atoms with van der Waals surface area (Å²) in [5.74, 6) is 1.08. The number of methoxy groups -OCH3 is 2. The van der Waals surface area contributed by atoms with Crippen LogP contribution in [-0.4, -0.2) is 50.6 Å². The fourth-order valence-electron chi connectivity index (χ4n) is 1.52. The van der Waals surface area contributed by atoms with Crippen LogP contribution in [0.25, 0.3) is 10.3 Å². The van der Waals surface area contributed by atoms with Crippen LogP contribution in [0.5, 0.6) is 11.6 Å². The molecular weight excluding hydrogens is 282 g/mol. The van der Waals surface area contributed by atoms with Gasteiger partial charge in [0.1, 0.15) is 23.7 Å². The third kappa shape index (κ3) is 3.69. The molecule has 2 rings (SSSR count). The molecule has 0 saturated heterocycles. The average Bonchev–Trinajstić information content (AvgIpc) is 2.80. The Morgan fingerprint density at radius 3 is 2.45 bits per heavy atom. The zero-order chi connectivity index (χ0) is 14.4. The van der Waals surface area contributed by atoms with Crippen LogP contribution in [0.3, 0.4) is 0 Å². The molecule has 0 atom stereocenters. The number of aromatic nitrogens is 2. The summed E-state index contributed by atoms with van der Waals surface area (Å²) in [6.45, 7) is 1.83. The molecule has 0 aliphatic carbocycles. The van der Waals surface area contributed by atoms with Gasteiger partial charge in [-0.25, -0.2) is 4.98 Å². The van der Waals surface area contributed by atoms with Crippen molar-refractivity contribution in [1.82, 2.24) is 9.97 Å². The van der Waals surface area contributed by atoms with E-state index in [0.29, 0.717) is 48.8 Å². The molecule has 0 aliphatic rings. The van der Waals surface area contributed by atoms with Gasteiger partial charge in [0.05, 0.1) is 13.2 Å². The van der Waals surface area contributed by atoms with Crippen molar-refractivity contribution in [2.24, 2.45) is 0 Å². The maximum atomic E-state index is 5.71. The predicted molar refractivity (Wildman–Crippen MR) is 76.6 cm³/mol. The molecule has 2 N–H and O–H groups in total. The van der Waals surface area contributed by atoms with E-state index in [2.05, 4.69) is 9.97 Å². The minimum atomic E-state index is 0.409. The summed E-state index contributed by atoms with van der Waals surface area (Å²) in [6.07, 6.45) is 0. The van der Waals surface area contributed by atoms with Crippen LogP contribution >= 0.6 is 11.3 Å². The smallest absolute Gasteiger partial charge is 0.219 e. The van der Waals surface area contributed by atoms with Gasteiger partial charge in [0.2, 0.25) is 5.88 Å². The Balaban J connectivity index is 2.21. The maximum Gasteiger partial charge on any atom is 0.219 e. The summed E-state index contributed by atoms with van der Waals surface area (Å²) in [4.78, 5) is 8.44. The van der Waals surface area contributed by atoms with Gasteiger partial charge in [-0.15, -0.1) is 0 Å². The molecule has 0 aromatic carbocycles. The van der Waals surface area contributed by atoms with E-state index in [1.54, 1.807) is 20.3 Å². The van der Waals surface area contributed by atoms with Crippen LogP contribution in [-0.2, 0) is 9.47 Å². The van der Waals surface area contributed by atoms with E-state index in [-0.39, 0.29) is 0 Å². The molecule has 8 heteroatoms. The lowest BCUT2D eigenvalue weighted by Gasteiger charge is -2.09. The van der Waals surface area contributed by atoms with Crippen LogP contribution in [0.4, 0.5) is 5.13 Å². The van der Waals surface area contributed by atoms with Crippen LogP contribution < -0.4 is 15.2 Å². The quantitative estimate of drug-likeness (QED) is 0.735. The lowest BCUT2D eigenvalue weighted by Crippen LogP contribution is -2.07. The third-order valence-corrected chi connectivity index (χ3v) is 3.29. The Morgan fingerprint density at radius 1 is 1.05 bits per heavy atom. The first kappa shape index (κ1) is 14.8. The molecule has 0 fully saturated rings. The van der Waals surface area contributed by atoms with E-state index in [9.17, 15) is 0 Å². The Kier molecular flexibility index (Phi) is 5.33. The van der Waals surface area contributed by atoms with E-state index < -0.39 is 0 Å². The van der Waals surface area contributed by atoms with E-state index in [0.717, 1.165) is 4.70 Å². The fourth-order valence-corrected chi connectivity index (χ4v) is 2.27. The normalized spacial score (nSPS) is 10.9. The number of rotatable bonds is 8. The number of nitrogens with two attached hydrogens (primary N) is 1.